The molecule has 0 aliphatic rings. The Balaban J connectivity index is -0.0000000270. The average molecular weight is 604 g/mol. The van der Waals surface area contributed by atoms with Crippen LogP contribution in [0.5, 0.6) is 0 Å². The molecule has 0 saturated carbocycles. The van der Waals surface area contributed by atoms with Crippen LogP contribution in [-0.4, -0.2) is 102 Å². The van der Waals surface area contributed by atoms with Crippen molar-refractivity contribution in [1.29, 1.82) is 0 Å². The second kappa shape index (κ2) is 22.9. The maximum absolute atomic E-state index is 8.56. The van der Waals surface area contributed by atoms with Gasteiger partial charge in [-0.3, -0.25) is 0 Å². The van der Waals surface area contributed by atoms with Gasteiger partial charge in [0.25, 0.3) is 0 Å². The molecule has 0 aliphatic carbocycles. The minimum Gasteiger partial charge on any atom is -0.450 e. The van der Waals surface area contributed by atoms with Crippen molar-refractivity contribution >= 4 is 70.9 Å². The molecule has 6 N–H and O–H groups in total. The molecule has 82 valence electrons. The molecule has 0 amide bonds. The smallest absolute Gasteiger partial charge is 0.450 e. The average Bonchev–Trinajstić information content (AvgIpc) is 1.54. The summed E-state index contributed by atoms with van der Waals surface area (Å²) < 4.78 is 0. The fourth-order valence-corrected chi connectivity index (χ4v) is 0. The molecule has 0 bridgehead atoms. The van der Waals surface area contributed by atoms with Crippen LogP contribution >= 0.6 is 0 Å². The fourth-order valence-electron chi connectivity index (χ4n) is 0. The zero-order chi connectivity index (χ0) is 10.7. The molecule has 0 aromatic rings. The SMILES string of the molecule is O=C(O)O.O=C(O)O.O=C(O)O.[Bi].[Bi]. The van der Waals surface area contributed by atoms with Crippen LogP contribution in [0.1, 0.15) is 0 Å². The Hall–Kier alpha value is -0.424. The van der Waals surface area contributed by atoms with Gasteiger partial charge in [-0.1, -0.05) is 0 Å². The van der Waals surface area contributed by atoms with Gasteiger partial charge in [0, 0.05) is 52.4 Å². The Morgan fingerprint density at radius 2 is 0.500 bits per heavy atom. The fraction of sp³-hybridized carbons (Fsp3) is 0. The molecule has 0 aromatic carbocycles. The molecule has 0 heterocycles. The third-order valence-corrected chi connectivity index (χ3v) is 0. The topological polar surface area (TPSA) is 173 Å². The van der Waals surface area contributed by atoms with Crippen molar-refractivity contribution in [3.63, 3.8) is 0 Å². The summed E-state index contributed by atoms with van der Waals surface area (Å²) in [6.45, 7) is 0. The molecule has 0 unspecified atom stereocenters. The Morgan fingerprint density at radius 3 is 0.500 bits per heavy atom. The molecule has 6 radical (unpaired) electrons. The maximum Gasteiger partial charge on any atom is 0.503 e. The second-order valence-electron chi connectivity index (χ2n) is 0.848. The number of rotatable bonds is 0. The zero-order valence-electron chi connectivity index (χ0n) is 6.30. The quantitative estimate of drug-likeness (QED) is 0.207. The van der Waals surface area contributed by atoms with Crippen LogP contribution in [0.4, 0.5) is 14.4 Å². The van der Waals surface area contributed by atoms with E-state index >= 15 is 0 Å². The van der Waals surface area contributed by atoms with Crippen LogP contribution < -0.4 is 0 Å². The van der Waals surface area contributed by atoms with Gasteiger partial charge in [-0.2, -0.15) is 0 Å². The van der Waals surface area contributed by atoms with E-state index in [1.165, 1.54) is 0 Å². The van der Waals surface area contributed by atoms with Crippen molar-refractivity contribution in [3.05, 3.63) is 0 Å². The summed E-state index contributed by atoms with van der Waals surface area (Å²) in [5.41, 5.74) is 0. The number of hydrogen-bond acceptors (Lipinski definition) is 3. The first-order valence-corrected chi connectivity index (χ1v) is 1.95. The molecule has 9 nitrogen and oxygen atoms in total. The number of carbonyl (C=O) groups is 3. The number of hydrogen-bond donors (Lipinski definition) is 6. The monoisotopic (exact) mass is 604 g/mol. The Bertz CT molecular complexity index is 116. The molecule has 0 spiro atoms. The molecule has 0 atom stereocenters. The van der Waals surface area contributed by atoms with E-state index in [1.54, 1.807) is 0 Å². The summed E-state index contributed by atoms with van der Waals surface area (Å²) in [4.78, 5) is 25.7. The van der Waals surface area contributed by atoms with E-state index in [9.17, 15) is 0 Å². The van der Waals surface area contributed by atoms with Crippen molar-refractivity contribution in [2.75, 3.05) is 0 Å². The van der Waals surface area contributed by atoms with Gasteiger partial charge in [0.15, 0.2) is 0 Å². The normalized spacial score (nSPS) is 5.14. The van der Waals surface area contributed by atoms with Gasteiger partial charge in [0.1, 0.15) is 0 Å². The molecule has 0 aliphatic heterocycles. The molecular formula is C3H6Bi2O9. The van der Waals surface area contributed by atoms with Crippen LogP contribution in [0, 0.1) is 0 Å². The molecular weight excluding hydrogens is 598 g/mol. The van der Waals surface area contributed by atoms with Gasteiger partial charge >= 0.3 is 18.5 Å². The zero-order valence-corrected chi connectivity index (χ0v) is 13.3. The summed E-state index contributed by atoms with van der Waals surface area (Å²) in [5, 5.41) is 41.8. The van der Waals surface area contributed by atoms with E-state index in [0.717, 1.165) is 0 Å². The van der Waals surface area contributed by atoms with E-state index in [2.05, 4.69) is 0 Å². The predicted molar refractivity (Wildman–Crippen MR) is 43.5 cm³/mol. The summed E-state index contributed by atoms with van der Waals surface area (Å²) in [5.74, 6) is 0. The molecule has 0 aromatic heterocycles. The summed E-state index contributed by atoms with van der Waals surface area (Å²) in [6, 6.07) is 0. The van der Waals surface area contributed by atoms with Gasteiger partial charge < -0.3 is 30.6 Å². The first-order chi connectivity index (χ1) is 5.20. The predicted octanol–water partition coefficient (Wildman–Crippen LogP) is -0.0944. The molecule has 14 heavy (non-hydrogen) atoms. The third kappa shape index (κ3) is 7210. The Kier molecular flexibility index (Phi) is 47.8. The van der Waals surface area contributed by atoms with Crippen LogP contribution in [0.25, 0.3) is 0 Å². The summed E-state index contributed by atoms with van der Waals surface area (Å²) in [6.07, 6.45) is -5.50. The second-order valence-corrected chi connectivity index (χ2v) is 0.848. The third-order valence-electron chi connectivity index (χ3n) is 0. The van der Waals surface area contributed by atoms with Crippen LogP contribution in [0.3, 0.4) is 0 Å². The van der Waals surface area contributed by atoms with Gasteiger partial charge in [-0.05, 0) is 0 Å². The number of carboxylic acid groups (broad SMARTS) is 6. The van der Waals surface area contributed by atoms with Gasteiger partial charge in [0.2, 0.25) is 0 Å². The van der Waals surface area contributed by atoms with Crippen LogP contribution in [0.15, 0.2) is 0 Å². The van der Waals surface area contributed by atoms with E-state index < -0.39 is 18.5 Å². The van der Waals surface area contributed by atoms with Crippen molar-refractivity contribution in [1.82, 2.24) is 0 Å². The molecule has 11 heteroatoms. The van der Waals surface area contributed by atoms with E-state index in [1.807, 2.05) is 0 Å². The molecule has 0 rings (SSSR count). The molecule has 0 fully saturated rings. The van der Waals surface area contributed by atoms with Crippen LogP contribution in [-0.2, 0) is 0 Å². The minimum absolute atomic E-state index is 0. The standard InChI is InChI=1S/3CH2O3.2Bi/c3*2-1(3)4;;/h3*(H2,2,3,4);;. The van der Waals surface area contributed by atoms with Crippen LogP contribution in [0.2, 0.25) is 0 Å². The Morgan fingerprint density at radius 1 is 0.500 bits per heavy atom. The maximum atomic E-state index is 8.56. The van der Waals surface area contributed by atoms with Gasteiger partial charge in [-0.15, -0.1) is 0 Å². The van der Waals surface area contributed by atoms with Gasteiger partial charge in [-0.25, -0.2) is 14.4 Å². The van der Waals surface area contributed by atoms with Crippen molar-refractivity contribution in [3.8, 4) is 0 Å². The molecule has 0 saturated heterocycles. The first kappa shape index (κ1) is 29.2. The summed E-state index contributed by atoms with van der Waals surface area (Å²) in [7, 11) is 0. The van der Waals surface area contributed by atoms with Crippen molar-refractivity contribution in [2.24, 2.45) is 0 Å². The largest absolute Gasteiger partial charge is 0.503 e. The van der Waals surface area contributed by atoms with Crippen molar-refractivity contribution < 1.29 is 45.0 Å². The van der Waals surface area contributed by atoms with E-state index in [0.29, 0.717) is 0 Å². The minimum atomic E-state index is -1.83. The summed E-state index contributed by atoms with van der Waals surface area (Å²) >= 11 is 0. The van der Waals surface area contributed by atoms with E-state index in [4.69, 9.17) is 45.0 Å². The van der Waals surface area contributed by atoms with Crippen molar-refractivity contribution in [2.45, 2.75) is 0 Å². The Labute approximate surface area is 115 Å². The van der Waals surface area contributed by atoms with Gasteiger partial charge in [0.05, 0.1) is 0 Å². The first-order valence-electron chi connectivity index (χ1n) is 1.95. The van der Waals surface area contributed by atoms with E-state index in [-0.39, 0.29) is 52.4 Å².